The topological polar surface area (TPSA) is 83.1 Å². The Morgan fingerprint density at radius 1 is 1.31 bits per heavy atom. The van der Waals surface area contributed by atoms with Crippen LogP contribution in [0.15, 0.2) is 24.5 Å². The summed E-state index contributed by atoms with van der Waals surface area (Å²) in [5.41, 5.74) is 2.30. The number of hydrogen-bond acceptors (Lipinski definition) is 5. The predicted molar refractivity (Wildman–Crippen MR) is 87.3 cm³/mol. The molecule has 1 amide bonds. The molecule has 10 heteroatoms. The van der Waals surface area contributed by atoms with E-state index in [2.05, 4.69) is 20.4 Å². The zero-order valence-corrected chi connectivity index (χ0v) is 13.8. The summed E-state index contributed by atoms with van der Waals surface area (Å²) in [5, 5.41) is 1.94. The lowest BCUT2D eigenvalue weighted by molar-refractivity contribution is -0.137. The van der Waals surface area contributed by atoms with Crippen molar-refractivity contribution >= 4 is 33.8 Å². The summed E-state index contributed by atoms with van der Waals surface area (Å²) in [6.07, 6.45) is -3.79. The SMILES string of the molecule is CC1(C)COC(=O)N1Nc1ncnc2[nH]c3ccc(C(F)(F)F)cc3c12. The molecule has 0 spiro atoms. The number of halogens is 3. The van der Waals surface area contributed by atoms with Gasteiger partial charge in [-0.25, -0.2) is 19.8 Å². The highest BCUT2D eigenvalue weighted by Gasteiger charge is 2.41. The summed E-state index contributed by atoms with van der Waals surface area (Å²) in [7, 11) is 0. The number of H-pyrrole nitrogens is 1. The van der Waals surface area contributed by atoms with Gasteiger partial charge in [-0.05, 0) is 32.0 Å². The van der Waals surface area contributed by atoms with Crippen molar-refractivity contribution in [1.82, 2.24) is 20.0 Å². The fourth-order valence-corrected chi connectivity index (χ4v) is 2.90. The van der Waals surface area contributed by atoms with Crippen molar-refractivity contribution in [3.8, 4) is 0 Å². The molecule has 0 atom stereocenters. The van der Waals surface area contributed by atoms with Gasteiger partial charge in [0.15, 0.2) is 5.82 Å². The van der Waals surface area contributed by atoms with Gasteiger partial charge in [0.1, 0.15) is 18.6 Å². The third-order valence-electron chi connectivity index (χ3n) is 4.27. The molecular formula is C16H14F3N5O2. The largest absolute Gasteiger partial charge is 0.446 e. The molecule has 0 radical (unpaired) electrons. The van der Waals surface area contributed by atoms with Crippen molar-refractivity contribution in [1.29, 1.82) is 0 Å². The van der Waals surface area contributed by atoms with E-state index in [1.807, 2.05) is 0 Å². The van der Waals surface area contributed by atoms with Gasteiger partial charge >= 0.3 is 12.3 Å². The standard InChI is InChI=1S/C16H14F3N5O2/c1-15(2)6-26-14(25)24(15)23-13-11-9-5-8(16(17,18)19)3-4-10(9)22-12(11)20-7-21-13/h3-5,7H,6H2,1-2H3,(H2,20,21,22,23). The van der Waals surface area contributed by atoms with E-state index in [0.29, 0.717) is 21.9 Å². The molecule has 1 aliphatic rings. The third-order valence-corrected chi connectivity index (χ3v) is 4.27. The number of aromatic nitrogens is 3. The quantitative estimate of drug-likeness (QED) is 0.724. The first kappa shape index (κ1) is 16.4. The summed E-state index contributed by atoms with van der Waals surface area (Å²) < 4.78 is 44.3. The van der Waals surface area contributed by atoms with Crippen molar-refractivity contribution in [2.75, 3.05) is 12.0 Å². The number of benzene rings is 1. The molecule has 26 heavy (non-hydrogen) atoms. The summed E-state index contributed by atoms with van der Waals surface area (Å²) >= 11 is 0. The number of carbonyl (C=O) groups is 1. The lowest BCUT2D eigenvalue weighted by atomic mass is 10.1. The molecule has 1 aliphatic heterocycles. The molecule has 1 saturated heterocycles. The van der Waals surface area contributed by atoms with E-state index < -0.39 is 23.4 Å². The minimum absolute atomic E-state index is 0.180. The van der Waals surface area contributed by atoms with Crippen LogP contribution in [-0.2, 0) is 10.9 Å². The van der Waals surface area contributed by atoms with Crippen LogP contribution < -0.4 is 5.43 Å². The van der Waals surface area contributed by atoms with Crippen LogP contribution in [0.2, 0.25) is 0 Å². The van der Waals surface area contributed by atoms with Gasteiger partial charge in [0.25, 0.3) is 0 Å². The fraction of sp³-hybridized carbons (Fsp3) is 0.312. The highest BCUT2D eigenvalue weighted by atomic mass is 19.4. The Bertz CT molecular complexity index is 1030. The number of nitrogens with one attached hydrogen (secondary N) is 2. The van der Waals surface area contributed by atoms with E-state index in [0.717, 1.165) is 12.1 Å². The van der Waals surface area contributed by atoms with Crippen molar-refractivity contribution in [3.05, 3.63) is 30.1 Å². The molecule has 0 aliphatic carbocycles. The van der Waals surface area contributed by atoms with E-state index in [-0.39, 0.29) is 12.4 Å². The molecule has 0 bridgehead atoms. The average Bonchev–Trinajstić information content (AvgIpc) is 3.06. The van der Waals surface area contributed by atoms with Gasteiger partial charge in [0.2, 0.25) is 0 Å². The minimum Gasteiger partial charge on any atom is -0.446 e. The van der Waals surface area contributed by atoms with E-state index in [4.69, 9.17) is 4.74 Å². The third kappa shape index (κ3) is 2.49. The smallest absolute Gasteiger partial charge is 0.429 e. The fourth-order valence-electron chi connectivity index (χ4n) is 2.90. The average molecular weight is 365 g/mol. The van der Waals surface area contributed by atoms with E-state index >= 15 is 0 Å². The Hall–Kier alpha value is -3.04. The van der Waals surface area contributed by atoms with Crippen LogP contribution in [-0.4, -0.2) is 38.2 Å². The zero-order valence-electron chi connectivity index (χ0n) is 13.8. The number of aromatic amines is 1. The molecular weight excluding hydrogens is 351 g/mol. The van der Waals surface area contributed by atoms with Crippen LogP contribution in [0.5, 0.6) is 0 Å². The lowest BCUT2D eigenvalue weighted by Crippen LogP contribution is -2.45. The number of anilines is 1. The minimum atomic E-state index is -4.47. The van der Waals surface area contributed by atoms with Gasteiger partial charge in [0.05, 0.1) is 16.5 Å². The van der Waals surface area contributed by atoms with Crippen molar-refractivity contribution in [2.24, 2.45) is 0 Å². The monoisotopic (exact) mass is 365 g/mol. The number of hydrogen-bond donors (Lipinski definition) is 2. The van der Waals surface area contributed by atoms with Crippen LogP contribution >= 0.6 is 0 Å². The van der Waals surface area contributed by atoms with Crippen molar-refractivity contribution in [2.45, 2.75) is 25.6 Å². The summed E-state index contributed by atoms with van der Waals surface area (Å²) in [6.45, 7) is 3.76. The summed E-state index contributed by atoms with van der Waals surface area (Å²) in [6, 6.07) is 3.38. The van der Waals surface area contributed by atoms with E-state index in [9.17, 15) is 18.0 Å². The van der Waals surface area contributed by atoms with Gasteiger partial charge in [-0.2, -0.15) is 13.2 Å². The highest BCUT2D eigenvalue weighted by Crippen LogP contribution is 2.36. The molecule has 3 heterocycles. The molecule has 136 valence electrons. The van der Waals surface area contributed by atoms with Gasteiger partial charge in [-0.15, -0.1) is 0 Å². The second-order valence-electron chi connectivity index (χ2n) is 6.64. The highest BCUT2D eigenvalue weighted by molar-refractivity contribution is 6.11. The van der Waals surface area contributed by atoms with E-state index in [1.54, 1.807) is 13.8 Å². The number of rotatable bonds is 2. The lowest BCUT2D eigenvalue weighted by Gasteiger charge is -2.28. The van der Waals surface area contributed by atoms with Crippen LogP contribution in [0.4, 0.5) is 23.8 Å². The number of nitrogens with zero attached hydrogens (tertiary/aromatic N) is 3. The van der Waals surface area contributed by atoms with Crippen molar-refractivity contribution < 1.29 is 22.7 Å². The maximum Gasteiger partial charge on any atom is 0.429 e. The molecule has 0 saturated carbocycles. The number of amides is 1. The van der Waals surface area contributed by atoms with Crippen LogP contribution in [0.3, 0.4) is 0 Å². The van der Waals surface area contributed by atoms with Gasteiger partial charge in [0, 0.05) is 10.9 Å². The number of ether oxygens (including phenoxy) is 1. The second-order valence-corrected chi connectivity index (χ2v) is 6.64. The maximum absolute atomic E-state index is 13.1. The van der Waals surface area contributed by atoms with Gasteiger partial charge < -0.3 is 9.72 Å². The molecule has 2 N–H and O–H groups in total. The first-order valence-corrected chi connectivity index (χ1v) is 7.74. The Labute approximate surface area is 145 Å². The molecule has 1 aromatic carbocycles. The van der Waals surface area contributed by atoms with Gasteiger partial charge in [-0.3, -0.25) is 5.43 Å². The zero-order chi connectivity index (χ0) is 18.7. The van der Waals surface area contributed by atoms with Crippen LogP contribution in [0.25, 0.3) is 21.9 Å². The Kier molecular flexibility index (Phi) is 3.30. The normalized spacial score (nSPS) is 17.1. The maximum atomic E-state index is 13.1. The number of carbonyl (C=O) groups excluding carboxylic acids is 1. The molecule has 1 fully saturated rings. The molecule has 4 rings (SSSR count). The second kappa shape index (κ2) is 5.23. The first-order chi connectivity index (χ1) is 12.2. The molecule has 0 unspecified atom stereocenters. The molecule has 2 aromatic heterocycles. The van der Waals surface area contributed by atoms with E-state index in [1.165, 1.54) is 17.4 Å². The Morgan fingerprint density at radius 2 is 2.08 bits per heavy atom. The Morgan fingerprint density at radius 3 is 2.73 bits per heavy atom. The summed E-state index contributed by atoms with van der Waals surface area (Å²) in [4.78, 5) is 23.1. The first-order valence-electron chi connectivity index (χ1n) is 7.74. The Balaban J connectivity index is 1.88. The molecule has 7 nitrogen and oxygen atoms in total. The van der Waals surface area contributed by atoms with Gasteiger partial charge in [-0.1, -0.05) is 0 Å². The van der Waals surface area contributed by atoms with Crippen molar-refractivity contribution in [3.63, 3.8) is 0 Å². The number of fused-ring (bicyclic) bond motifs is 3. The number of cyclic esters (lactones) is 1. The van der Waals surface area contributed by atoms with Crippen LogP contribution in [0, 0.1) is 0 Å². The molecule has 3 aromatic rings. The predicted octanol–water partition coefficient (Wildman–Crippen LogP) is 3.69. The summed E-state index contributed by atoms with van der Waals surface area (Å²) in [5.74, 6) is 0.215. The van der Waals surface area contributed by atoms with Crippen LogP contribution in [0.1, 0.15) is 19.4 Å². The number of hydrazine groups is 1. The number of alkyl halides is 3.